The second kappa shape index (κ2) is 12.5. The van der Waals surface area contributed by atoms with Crippen molar-refractivity contribution in [1.82, 2.24) is 0 Å². The van der Waals surface area contributed by atoms with Crippen LogP contribution in [0.3, 0.4) is 0 Å². The van der Waals surface area contributed by atoms with Gasteiger partial charge in [0.15, 0.2) is 0 Å². The van der Waals surface area contributed by atoms with E-state index in [9.17, 15) is 0 Å². The van der Waals surface area contributed by atoms with Gasteiger partial charge in [0.05, 0.1) is 0 Å². The van der Waals surface area contributed by atoms with Gasteiger partial charge in [0.1, 0.15) is 0 Å². The average molecular weight is 551 g/mol. The van der Waals surface area contributed by atoms with E-state index in [4.69, 9.17) is 0 Å². The number of hydrogen-bond acceptors (Lipinski definition) is 2. The van der Waals surface area contributed by atoms with Crippen LogP contribution in [0.5, 0.6) is 0 Å². The summed E-state index contributed by atoms with van der Waals surface area (Å²) in [5.74, 6) is 0. The van der Waals surface area contributed by atoms with Crippen molar-refractivity contribution in [2.75, 3.05) is 0 Å². The van der Waals surface area contributed by atoms with E-state index in [1.165, 1.54) is 0 Å². The van der Waals surface area contributed by atoms with Gasteiger partial charge >= 0.3 is 183 Å². The summed E-state index contributed by atoms with van der Waals surface area (Å²) >= 11 is 6.17. The van der Waals surface area contributed by atoms with E-state index in [2.05, 4.69) is 66.3 Å². The van der Waals surface area contributed by atoms with Gasteiger partial charge in [-0.2, -0.15) is 0 Å². The summed E-state index contributed by atoms with van der Waals surface area (Å²) in [5, 5.41) is 0. The molecule has 0 aliphatic rings. The minimum atomic E-state index is 0. The van der Waals surface area contributed by atoms with Crippen molar-refractivity contribution in [3.63, 3.8) is 0 Å². The number of hydrogen-bond donors (Lipinski definition) is 0. The van der Waals surface area contributed by atoms with Crippen molar-refractivity contribution >= 4 is 64.8 Å². The van der Waals surface area contributed by atoms with Crippen LogP contribution >= 0.6 is 0 Å². The number of allylic oxidation sites excluding steroid dienone is 2. The predicted molar refractivity (Wildman–Crippen MR) is 123 cm³/mol. The molecule has 29 heavy (non-hydrogen) atoms. The molecule has 0 unspecified atom stereocenters. The maximum atomic E-state index is 4.56. The fourth-order valence-corrected chi connectivity index (χ4v) is 3.28. The van der Waals surface area contributed by atoms with E-state index >= 15 is 0 Å². The van der Waals surface area contributed by atoms with Crippen molar-refractivity contribution in [1.29, 1.82) is 0 Å². The molecule has 0 N–H and O–H groups in total. The molecule has 5 heteroatoms. The van der Waals surface area contributed by atoms with Crippen LogP contribution < -0.4 is 0 Å². The summed E-state index contributed by atoms with van der Waals surface area (Å²) in [6.45, 7) is 0. The normalized spacial score (nSPS) is 12.3. The van der Waals surface area contributed by atoms with Crippen LogP contribution in [0.4, 0.5) is 11.4 Å². The molecule has 3 aromatic rings. The minimum absolute atomic E-state index is 0. The van der Waals surface area contributed by atoms with Crippen LogP contribution in [0, 0.1) is 0 Å². The Balaban J connectivity index is 0.00000300. The molecular weight excluding hydrogens is 533 g/mol. The van der Waals surface area contributed by atoms with Crippen molar-refractivity contribution in [3.8, 4) is 0 Å². The molecular formula is C24H18N2NiSe2. The molecule has 3 aromatic carbocycles. The Morgan fingerprint density at radius 1 is 0.552 bits per heavy atom. The van der Waals surface area contributed by atoms with E-state index < -0.39 is 0 Å². The van der Waals surface area contributed by atoms with Gasteiger partial charge in [-0.15, -0.1) is 0 Å². The van der Waals surface area contributed by atoms with Gasteiger partial charge in [-0.25, -0.2) is 0 Å². The Bertz CT molecular complexity index is 943. The first-order valence-electron chi connectivity index (χ1n) is 8.76. The van der Waals surface area contributed by atoms with E-state index in [1.807, 2.05) is 72.8 Å². The Hall–Kier alpha value is -1.99. The summed E-state index contributed by atoms with van der Waals surface area (Å²) < 4.78 is 2.09. The van der Waals surface area contributed by atoms with Crippen LogP contribution in [0.25, 0.3) is 8.94 Å². The zero-order chi connectivity index (χ0) is 19.6. The van der Waals surface area contributed by atoms with E-state index in [1.54, 1.807) is 12.4 Å². The average Bonchev–Trinajstić information content (AvgIpc) is 2.76. The van der Waals surface area contributed by atoms with E-state index in [0.29, 0.717) is 0 Å². The third-order valence-electron chi connectivity index (χ3n) is 3.88. The zero-order valence-electron chi connectivity index (χ0n) is 15.4. The van der Waals surface area contributed by atoms with Crippen molar-refractivity contribution < 1.29 is 16.5 Å². The molecule has 0 aromatic heterocycles. The molecule has 0 aliphatic heterocycles. The summed E-state index contributed by atoms with van der Waals surface area (Å²) in [7, 11) is 0. The molecule has 2 nitrogen and oxygen atoms in total. The quantitative estimate of drug-likeness (QED) is 0.286. The molecule has 146 valence electrons. The number of para-hydroxylation sites is 2. The first kappa shape index (κ1) is 23.3. The molecule has 0 fully saturated rings. The number of rotatable bonds is 6. The summed E-state index contributed by atoms with van der Waals surface area (Å²) in [4.78, 5) is 9.13. The van der Waals surface area contributed by atoms with Gasteiger partial charge in [0.2, 0.25) is 0 Å². The maximum absolute atomic E-state index is 4.56. The molecule has 0 bridgehead atoms. The third-order valence-corrected chi connectivity index (χ3v) is 5.44. The van der Waals surface area contributed by atoms with Crippen LogP contribution in [-0.2, 0) is 16.5 Å². The molecule has 0 saturated heterocycles. The molecule has 0 aliphatic carbocycles. The van der Waals surface area contributed by atoms with Crippen molar-refractivity contribution in [2.45, 2.75) is 0 Å². The first-order chi connectivity index (χ1) is 13.7. The Morgan fingerprint density at radius 3 is 1.28 bits per heavy atom. The van der Waals surface area contributed by atoms with Crippen LogP contribution in [0.15, 0.2) is 107 Å². The summed E-state index contributed by atoms with van der Waals surface area (Å²) in [5.41, 5.74) is 3.92. The third kappa shape index (κ3) is 7.40. The van der Waals surface area contributed by atoms with Crippen LogP contribution in [0.1, 0.15) is 11.1 Å². The van der Waals surface area contributed by atoms with Gasteiger partial charge in [-0.1, -0.05) is 0 Å². The molecule has 3 rings (SSSR count). The predicted octanol–water partition coefficient (Wildman–Crippen LogP) is 5.51. The molecule has 0 atom stereocenters. The SMILES string of the molecule is [Ni].[Se]/C(=C\C=Nc1ccccc1N=C/C=C(\[Se])c1ccccc1)c1ccccc1. The summed E-state index contributed by atoms with van der Waals surface area (Å²) in [6, 6.07) is 28.2. The second-order valence-electron chi connectivity index (χ2n) is 5.84. The fraction of sp³-hybridized carbons (Fsp3) is 0. The topological polar surface area (TPSA) is 24.7 Å². The second-order valence-corrected chi connectivity index (χ2v) is 7.68. The number of aliphatic imine (C=N–C) groups is 2. The molecule has 0 heterocycles. The van der Waals surface area contributed by atoms with Crippen LogP contribution in [-0.4, -0.2) is 44.5 Å². The number of benzene rings is 3. The number of nitrogens with zero attached hydrogens (tertiary/aromatic N) is 2. The van der Waals surface area contributed by atoms with Crippen molar-refractivity contribution in [3.05, 3.63) is 108 Å². The summed E-state index contributed by atoms with van der Waals surface area (Å²) in [6.07, 6.45) is 7.52. The monoisotopic (exact) mass is 552 g/mol. The van der Waals surface area contributed by atoms with Gasteiger partial charge < -0.3 is 0 Å². The van der Waals surface area contributed by atoms with Gasteiger partial charge in [0.25, 0.3) is 0 Å². The fourth-order valence-electron chi connectivity index (χ4n) is 2.45. The Morgan fingerprint density at radius 2 is 0.897 bits per heavy atom. The molecule has 0 spiro atoms. The van der Waals surface area contributed by atoms with Crippen LogP contribution in [0.2, 0.25) is 0 Å². The molecule has 2 radical (unpaired) electrons. The van der Waals surface area contributed by atoms with Gasteiger partial charge in [-0.05, 0) is 0 Å². The first-order valence-corrected chi connectivity index (χ1v) is 10.5. The Kier molecular flexibility index (Phi) is 10.1. The van der Waals surface area contributed by atoms with E-state index in [-0.39, 0.29) is 16.5 Å². The zero-order valence-corrected chi connectivity index (χ0v) is 19.8. The standard InChI is InChI=1S/C24H18N2Se2.Ni/c27-23(19-9-3-1-4-10-19)15-17-25-21-13-7-8-14-22(21)26-18-16-24(28)20-11-5-2-6-12-20;/h1-18H;/b23-15-,24-16-,25-17?,26-18?;. The van der Waals surface area contributed by atoms with Crippen molar-refractivity contribution in [2.24, 2.45) is 9.98 Å². The van der Waals surface area contributed by atoms with Gasteiger partial charge in [-0.3, -0.25) is 0 Å². The molecule has 0 amide bonds. The molecule has 0 saturated carbocycles. The van der Waals surface area contributed by atoms with Gasteiger partial charge in [0, 0.05) is 16.5 Å². The Labute approximate surface area is 198 Å². The van der Waals surface area contributed by atoms with E-state index in [0.717, 1.165) is 31.4 Å².